The average Bonchev–Trinajstić information content (AvgIpc) is 2.83. The molecule has 7 heteroatoms. The summed E-state index contributed by atoms with van der Waals surface area (Å²) in [4.78, 5) is 7.25. The zero-order valence-corrected chi connectivity index (χ0v) is 12.3. The van der Waals surface area contributed by atoms with Crippen LogP contribution in [-0.4, -0.2) is 24.1 Å². The first-order valence-corrected chi connectivity index (χ1v) is 7.98. The van der Waals surface area contributed by atoms with Crippen LogP contribution in [0.1, 0.15) is 18.4 Å². The van der Waals surface area contributed by atoms with Crippen molar-refractivity contribution in [2.45, 2.75) is 20.4 Å². The van der Waals surface area contributed by atoms with Crippen molar-refractivity contribution in [1.29, 1.82) is 0 Å². The van der Waals surface area contributed by atoms with Gasteiger partial charge in [-0.05, 0) is 38.1 Å². The van der Waals surface area contributed by atoms with Gasteiger partial charge in [0, 0.05) is 11.4 Å². The first-order chi connectivity index (χ1) is 9.48. The molecule has 0 atom stereocenters. The number of aromatic amines is 1. The summed E-state index contributed by atoms with van der Waals surface area (Å²) in [5.41, 5.74) is 2.48. The summed E-state index contributed by atoms with van der Waals surface area (Å²) >= 11 is 0. The normalized spacial score (nSPS) is 11.3. The van der Waals surface area contributed by atoms with Crippen LogP contribution >= 0.6 is 0 Å². The molecule has 1 heterocycles. The third kappa shape index (κ3) is 3.99. The van der Waals surface area contributed by atoms with Gasteiger partial charge in [-0.2, -0.15) is 0 Å². The highest BCUT2D eigenvalue weighted by Crippen LogP contribution is 2.15. The number of anilines is 2. The fourth-order valence-corrected chi connectivity index (χ4v) is 2.31. The van der Waals surface area contributed by atoms with Crippen LogP contribution in [-0.2, 0) is 16.6 Å². The maximum Gasteiger partial charge on any atom is 0.232 e. The molecule has 0 amide bonds. The molecule has 0 radical (unpaired) electrons. The van der Waals surface area contributed by atoms with E-state index in [1.54, 1.807) is 25.3 Å². The molecule has 0 aliphatic rings. The van der Waals surface area contributed by atoms with Gasteiger partial charge in [0.1, 0.15) is 5.82 Å². The minimum atomic E-state index is -3.22. The van der Waals surface area contributed by atoms with Gasteiger partial charge in [0.25, 0.3) is 0 Å². The zero-order chi connectivity index (χ0) is 14.6. The van der Waals surface area contributed by atoms with E-state index in [1.165, 1.54) is 0 Å². The number of aryl methyl sites for hydroxylation is 1. The lowest BCUT2D eigenvalue weighted by Gasteiger charge is -2.08. The van der Waals surface area contributed by atoms with Crippen LogP contribution in [0.4, 0.5) is 11.4 Å². The van der Waals surface area contributed by atoms with Crippen molar-refractivity contribution in [3.05, 3.63) is 42.0 Å². The molecule has 0 aliphatic heterocycles. The summed E-state index contributed by atoms with van der Waals surface area (Å²) in [6, 6.07) is 7.12. The summed E-state index contributed by atoms with van der Waals surface area (Å²) < 4.78 is 25.4. The van der Waals surface area contributed by atoms with Gasteiger partial charge < -0.3 is 10.3 Å². The Morgan fingerprint density at radius 3 is 2.40 bits per heavy atom. The lowest BCUT2D eigenvalue weighted by molar-refractivity contribution is 0.602. The van der Waals surface area contributed by atoms with Gasteiger partial charge in [-0.1, -0.05) is 0 Å². The number of hydrogen-bond acceptors (Lipinski definition) is 4. The number of aromatic nitrogens is 2. The molecule has 2 rings (SSSR count). The molecule has 0 saturated carbocycles. The van der Waals surface area contributed by atoms with Gasteiger partial charge in [-0.3, -0.25) is 4.72 Å². The summed E-state index contributed by atoms with van der Waals surface area (Å²) in [5, 5.41) is 3.23. The number of rotatable bonds is 6. The number of nitrogens with one attached hydrogen (secondary N) is 3. The molecule has 108 valence electrons. The van der Waals surface area contributed by atoms with Crippen molar-refractivity contribution in [2.24, 2.45) is 0 Å². The van der Waals surface area contributed by atoms with Crippen LogP contribution in [0.3, 0.4) is 0 Å². The third-order valence-electron chi connectivity index (χ3n) is 2.78. The number of H-pyrrole nitrogens is 1. The number of hydrogen-bond donors (Lipinski definition) is 3. The number of benzene rings is 1. The van der Waals surface area contributed by atoms with E-state index in [0.29, 0.717) is 12.2 Å². The number of nitrogens with zero attached hydrogens (tertiary/aromatic N) is 1. The van der Waals surface area contributed by atoms with E-state index in [9.17, 15) is 8.42 Å². The van der Waals surface area contributed by atoms with E-state index in [1.807, 2.05) is 19.1 Å². The third-order valence-corrected chi connectivity index (χ3v) is 4.08. The van der Waals surface area contributed by atoms with Crippen molar-refractivity contribution in [3.8, 4) is 0 Å². The van der Waals surface area contributed by atoms with Gasteiger partial charge >= 0.3 is 0 Å². The SMILES string of the molecule is CCS(=O)(=O)Nc1ccc(NCc2cnc(C)[nH]2)cc1. The Bertz CT molecular complexity index is 662. The predicted octanol–water partition coefficient (Wildman–Crippen LogP) is 2.09. The van der Waals surface area contributed by atoms with E-state index in [-0.39, 0.29) is 5.75 Å². The van der Waals surface area contributed by atoms with Crippen LogP contribution in [0, 0.1) is 6.92 Å². The Hall–Kier alpha value is -2.02. The first-order valence-electron chi connectivity index (χ1n) is 6.33. The predicted molar refractivity (Wildman–Crippen MR) is 80.2 cm³/mol. The Labute approximate surface area is 118 Å². The lowest BCUT2D eigenvalue weighted by Crippen LogP contribution is -2.14. The number of sulfonamides is 1. The van der Waals surface area contributed by atoms with Gasteiger partial charge in [-0.15, -0.1) is 0 Å². The fourth-order valence-electron chi connectivity index (χ4n) is 1.67. The Morgan fingerprint density at radius 1 is 1.20 bits per heavy atom. The van der Waals surface area contributed by atoms with Gasteiger partial charge in [0.05, 0.1) is 24.2 Å². The van der Waals surface area contributed by atoms with E-state index in [2.05, 4.69) is 20.0 Å². The van der Waals surface area contributed by atoms with E-state index in [0.717, 1.165) is 17.2 Å². The standard InChI is InChI=1S/C13H18N4O2S/c1-3-20(18,19)17-12-6-4-11(5-7-12)15-9-13-8-14-10(2)16-13/h4-8,15,17H,3,9H2,1-2H3,(H,14,16). The fraction of sp³-hybridized carbons (Fsp3) is 0.308. The molecule has 1 aromatic carbocycles. The average molecular weight is 294 g/mol. The van der Waals surface area contributed by atoms with E-state index < -0.39 is 10.0 Å². The highest BCUT2D eigenvalue weighted by molar-refractivity contribution is 7.92. The van der Waals surface area contributed by atoms with Crippen LogP contribution < -0.4 is 10.0 Å². The highest BCUT2D eigenvalue weighted by atomic mass is 32.2. The number of imidazole rings is 1. The molecule has 0 saturated heterocycles. The molecule has 0 aliphatic carbocycles. The van der Waals surface area contributed by atoms with Crippen LogP contribution in [0.2, 0.25) is 0 Å². The summed E-state index contributed by atoms with van der Waals surface area (Å²) in [7, 11) is -3.22. The van der Waals surface area contributed by atoms with Crippen molar-refractivity contribution >= 4 is 21.4 Å². The van der Waals surface area contributed by atoms with Gasteiger partial charge in [0.2, 0.25) is 10.0 Å². The summed E-state index contributed by atoms with van der Waals surface area (Å²) in [5.74, 6) is 0.942. The summed E-state index contributed by atoms with van der Waals surface area (Å²) in [6.07, 6.45) is 1.78. The molecular weight excluding hydrogens is 276 g/mol. The van der Waals surface area contributed by atoms with E-state index >= 15 is 0 Å². The van der Waals surface area contributed by atoms with Crippen LogP contribution in [0.5, 0.6) is 0 Å². The molecule has 0 bridgehead atoms. The van der Waals surface area contributed by atoms with Crippen molar-refractivity contribution < 1.29 is 8.42 Å². The van der Waals surface area contributed by atoms with E-state index in [4.69, 9.17) is 0 Å². The molecule has 6 nitrogen and oxygen atoms in total. The maximum absolute atomic E-state index is 11.4. The smallest absolute Gasteiger partial charge is 0.232 e. The molecule has 0 unspecified atom stereocenters. The molecule has 0 fully saturated rings. The molecular formula is C13H18N4O2S. The summed E-state index contributed by atoms with van der Waals surface area (Å²) in [6.45, 7) is 4.14. The maximum atomic E-state index is 11.4. The molecule has 2 aromatic rings. The minimum absolute atomic E-state index is 0.0617. The second-order valence-electron chi connectivity index (χ2n) is 4.43. The van der Waals surface area contributed by atoms with Crippen molar-refractivity contribution in [3.63, 3.8) is 0 Å². The quantitative estimate of drug-likeness (QED) is 0.761. The van der Waals surface area contributed by atoms with Crippen LogP contribution in [0.15, 0.2) is 30.5 Å². The monoisotopic (exact) mass is 294 g/mol. The second kappa shape index (κ2) is 5.96. The molecule has 1 aromatic heterocycles. The van der Waals surface area contributed by atoms with Crippen molar-refractivity contribution in [2.75, 3.05) is 15.8 Å². The Morgan fingerprint density at radius 2 is 1.85 bits per heavy atom. The zero-order valence-electron chi connectivity index (χ0n) is 11.5. The Kier molecular flexibility index (Phi) is 4.29. The Balaban J connectivity index is 1.94. The topological polar surface area (TPSA) is 86.9 Å². The van der Waals surface area contributed by atoms with Crippen molar-refractivity contribution in [1.82, 2.24) is 9.97 Å². The largest absolute Gasteiger partial charge is 0.379 e. The first kappa shape index (κ1) is 14.4. The lowest BCUT2D eigenvalue weighted by atomic mass is 10.3. The minimum Gasteiger partial charge on any atom is -0.379 e. The highest BCUT2D eigenvalue weighted by Gasteiger charge is 2.06. The van der Waals surface area contributed by atoms with Gasteiger partial charge in [-0.25, -0.2) is 13.4 Å². The molecule has 3 N–H and O–H groups in total. The molecule has 0 spiro atoms. The van der Waals surface area contributed by atoms with Gasteiger partial charge in [0.15, 0.2) is 0 Å². The second-order valence-corrected chi connectivity index (χ2v) is 6.44. The molecule has 20 heavy (non-hydrogen) atoms. The van der Waals surface area contributed by atoms with Crippen LogP contribution in [0.25, 0.3) is 0 Å².